The Morgan fingerprint density at radius 2 is 1.48 bits per heavy atom. The molecule has 2 aliphatic rings. The summed E-state index contributed by atoms with van der Waals surface area (Å²) in [5, 5.41) is 7.08. The van der Waals surface area contributed by atoms with E-state index in [0.29, 0.717) is 6.61 Å². The molecule has 0 aromatic carbocycles. The maximum absolute atomic E-state index is 6.50. The fourth-order valence-electron chi connectivity index (χ4n) is 2.28. The lowest BCUT2D eigenvalue weighted by atomic mass is 10.1. The Labute approximate surface area is 149 Å². The van der Waals surface area contributed by atoms with E-state index in [0.717, 1.165) is 6.54 Å². The molecular weight excluding hydrogens is 396 g/mol. The standard InChI is InChI=1S/C11H27Cl2N6OP3/c1-10(2,3)14-22(15-11(4,5)6)16-21(12,13)17-23(18-22)19(7)8-9-20-23/h14-15H,8-9H2,1-7H3. The van der Waals surface area contributed by atoms with Crippen molar-refractivity contribution < 1.29 is 4.52 Å². The van der Waals surface area contributed by atoms with Gasteiger partial charge in [-0.05, 0) is 71.1 Å². The lowest BCUT2D eigenvalue weighted by molar-refractivity contribution is 0.390. The largest absolute Gasteiger partial charge is 0.314 e. The topological polar surface area (TPSA) is 73.6 Å². The number of halogens is 2. The molecule has 1 saturated heterocycles. The van der Waals surface area contributed by atoms with Crippen molar-refractivity contribution in [2.75, 3.05) is 20.2 Å². The summed E-state index contributed by atoms with van der Waals surface area (Å²) in [6.45, 7) is 13.8. The minimum atomic E-state index is -2.87. The van der Waals surface area contributed by atoms with Crippen molar-refractivity contribution >= 4 is 43.5 Å². The van der Waals surface area contributed by atoms with Gasteiger partial charge >= 0.3 is 0 Å². The Morgan fingerprint density at radius 3 is 1.87 bits per heavy atom. The van der Waals surface area contributed by atoms with Crippen molar-refractivity contribution in [3.8, 4) is 0 Å². The first-order valence-corrected chi connectivity index (χ1v) is 14.2. The van der Waals surface area contributed by atoms with Crippen LogP contribution in [-0.2, 0) is 4.52 Å². The van der Waals surface area contributed by atoms with E-state index in [1.165, 1.54) is 0 Å². The fraction of sp³-hybridized carbons (Fsp3) is 1.00. The van der Waals surface area contributed by atoms with E-state index in [2.05, 4.69) is 60.7 Å². The second-order valence-electron chi connectivity index (χ2n) is 7.78. The van der Waals surface area contributed by atoms with E-state index in [-0.39, 0.29) is 11.1 Å². The predicted octanol–water partition coefficient (Wildman–Crippen LogP) is 6.05. The Balaban J connectivity index is 2.70. The van der Waals surface area contributed by atoms with Gasteiger partial charge in [0.1, 0.15) is 0 Å². The molecule has 1 fully saturated rings. The molecule has 23 heavy (non-hydrogen) atoms. The Bertz CT molecular complexity index is 625. The molecule has 2 heterocycles. The van der Waals surface area contributed by atoms with Gasteiger partial charge in [0.15, 0.2) is 0 Å². The number of hydrogen-bond acceptors (Lipinski definition) is 7. The van der Waals surface area contributed by atoms with Gasteiger partial charge in [-0.15, -0.1) is 0 Å². The zero-order chi connectivity index (χ0) is 17.7. The molecule has 2 rings (SSSR count). The molecule has 1 spiro atoms. The zero-order valence-electron chi connectivity index (χ0n) is 14.7. The third-order valence-corrected chi connectivity index (χ3v) is 14.5. The van der Waals surface area contributed by atoms with Gasteiger partial charge in [0.2, 0.25) is 7.51 Å². The van der Waals surface area contributed by atoms with E-state index < -0.39 is 21.0 Å². The quantitative estimate of drug-likeness (QED) is 0.530. The highest BCUT2D eigenvalue weighted by molar-refractivity contribution is 8.13. The predicted molar refractivity (Wildman–Crippen MR) is 104 cm³/mol. The van der Waals surface area contributed by atoms with Gasteiger partial charge in [0, 0.05) is 17.6 Å². The summed E-state index contributed by atoms with van der Waals surface area (Å²) in [5.41, 5.74) is -0.432. The maximum Gasteiger partial charge on any atom is 0.281 e. The molecule has 2 N–H and O–H groups in total. The lowest BCUT2D eigenvalue weighted by Gasteiger charge is -2.39. The highest BCUT2D eigenvalue weighted by Gasteiger charge is 2.44. The van der Waals surface area contributed by atoms with Gasteiger partial charge in [-0.1, -0.05) is 0 Å². The molecule has 0 bridgehead atoms. The smallest absolute Gasteiger partial charge is 0.281 e. The van der Waals surface area contributed by atoms with Crippen LogP contribution in [0.4, 0.5) is 0 Å². The molecule has 136 valence electrons. The molecule has 2 aliphatic heterocycles. The number of likely N-dealkylation sites (N-methyl/N-ethyl adjacent to an activating group) is 1. The normalized spacial score (nSPS) is 30.7. The third kappa shape index (κ3) is 5.29. The van der Waals surface area contributed by atoms with E-state index in [1.54, 1.807) is 0 Å². The van der Waals surface area contributed by atoms with Crippen molar-refractivity contribution in [3.05, 3.63) is 0 Å². The highest BCUT2D eigenvalue weighted by atomic mass is 35.9. The average Bonchev–Trinajstić information content (AvgIpc) is 2.49. The Hall–Kier alpha value is 1.11. The number of hydrogen-bond donors (Lipinski definition) is 2. The van der Waals surface area contributed by atoms with Crippen LogP contribution < -0.4 is 10.2 Å². The van der Waals surface area contributed by atoms with Crippen LogP contribution in [0.5, 0.6) is 0 Å². The van der Waals surface area contributed by atoms with Crippen molar-refractivity contribution in [2.24, 2.45) is 13.5 Å². The summed E-state index contributed by atoms with van der Waals surface area (Å²) in [6, 6.07) is 0. The van der Waals surface area contributed by atoms with Crippen LogP contribution in [0.1, 0.15) is 41.5 Å². The van der Waals surface area contributed by atoms with Gasteiger partial charge < -0.3 is 4.52 Å². The lowest BCUT2D eigenvalue weighted by Crippen LogP contribution is -2.42. The van der Waals surface area contributed by atoms with Gasteiger partial charge in [0.25, 0.3) is 13.5 Å². The second kappa shape index (κ2) is 6.37. The van der Waals surface area contributed by atoms with E-state index in [4.69, 9.17) is 31.5 Å². The van der Waals surface area contributed by atoms with E-state index >= 15 is 0 Å². The van der Waals surface area contributed by atoms with Crippen LogP contribution in [0.15, 0.2) is 13.5 Å². The van der Waals surface area contributed by atoms with Gasteiger partial charge in [-0.3, -0.25) is 0 Å². The molecular formula is C11H27Cl2N6OP3. The van der Waals surface area contributed by atoms with E-state index in [9.17, 15) is 0 Å². The van der Waals surface area contributed by atoms with Crippen LogP contribution in [-0.4, -0.2) is 35.9 Å². The summed E-state index contributed by atoms with van der Waals surface area (Å²) in [7, 11) is -3.18. The Morgan fingerprint density at radius 1 is 0.957 bits per heavy atom. The van der Waals surface area contributed by atoms with Crippen LogP contribution in [0.3, 0.4) is 0 Å². The van der Waals surface area contributed by atoms with Crippen molar-refractivity contribution in [3.63, 3.8) is 0 Å². The second-order valence-corrected chi connectivity index (χ2v) is 17.8. The van der Waals surface area contributed by atoms with Crippen LogP contribution in [0.2, 0.25) is 0 Å². The minimum absolute atomic E-state index is 0.216. The summed E-state index contributed by atoms with van der Waals surface area (Å²) < 4.78 is 22.3. The fourth-order valence-corrected chi connectivity index (χ4v) is 15.8. The minimum Gasteiger partial charge on any atom is -0.314 e. The molecule has 12 heteroatoms. The molecule has 0 radical (unpaired) electrons. The monoisotopic (exact) mass is 422 g/mol. The van der Waals surface area contributed by atoms with E-state index in [1.807, 2.05) is 11.7 Å². The van der Waals surface area contributed by atoms with Crippen LogP contribution in [0.25, 0.3) is 0 Å². The first kappa shape index (κ1) is 20.4. The van der Waals surface area contributed by atoms with Crippen molar-refractivity contribution in [1.29, 1.82) is 0 Å². The molecule has 0 aromatic heterocycles. The molecule has 1 atom stereocenters. The summed E-state index contributed by atoms with van der Waals surface area (Å²) >= 11 is 13.0. The summed E-state index contributed by atoms with van der Waals surface area (Å²) in [4.78, 5) is 0. The molecule has 0 aliphatic carbocycles. The van der Waals surface area contributed by atoms with Crippen molar-refractivity contribution in [1.82, 2.24) is 14.8 Å². The zero-order valence-corrected chi connectivity index (χ0v) is 18.9. The first-order valence-electron chi connectivity index (χ1n) is 7.42. The molecule has 0 amide bonds. The highest BCUT2D eigenvalue weighted by Crippen LogP contribution is 2.82. The van der Waals surface area contributed by atoms with Crippen LogP contribution in [0, 0.1) is 0 Å². The maximum atomic E-state index is 6.50. The van der Waals surface area contributed by atoms with Gasteiger partial charge in [-0.25, -0.2) is 14.8 Å². The summed E-state index contributed by atoms with van der Waals surface area (Å²) in [6.07, 6.45) is 0. The molecule has 7 nitrogen and oxygen atoms in total. The molecule has 0 aromatic rings. The van der Waals surface area contributed by atoms with Gasteiger partial charge in [0.05, 0.1) is 6.61 Å². The average molecular weight is 423 g/mol. The number of nitrogens with zero attached hydrogens (tertiary/aromatic N) is 4. The SMILES string of the molecule is CN1CCOP12=NP(Cl)(Cl)=NP(NC(C)(C)C)(NC(C)(C)C)=N2. The molecule has 1 unspecified atom stereocenters. The van der Waals surface area contributed by atoms with Gasteiger partial charge in [-0.2, -0.15) is 13.5 Å². The summed E-state index contributed by atoms with van der Waals surface area (Å²) in [5.74, 6) is -2.87. The number of rotatable bonds is 2. The van der Waals surface area contributed by atoms with Crippen molar-refractivity contribution in [2.45, 2.75) is 52.6 Å². The number of nitrogens with one attached hydrogen (secondary N) is 2. The Kier molecular flexibility index (Phi) is 5.66. The van der Waals surface area contributed by atoms with Crippen LogP contribution >= 0.6 is 43.5 Å². The molecule has 0 saturated carbocycles. The third-order valence-electron chi connectivity index (χ3n) is 2.81. The first-order chi connectivity index (χ1) is 10.2.